The predicted octanol–water partition coefficient (Wildman–Crippen LogP) is 6.31. The molecule has 0 aliphatic heterocycles. The minimum Gasteiger partial charge on any atom is -0.318 e. The number of para-hydroxylation sites is 1. The van der Waals surface area contributed by atoms with E-state index < -0.39 is 0 Å². The van der Waals surface area contributed by atoms with Crippen LogP contribution in [-0.2, 0) is 6.54 Å². The molecule has 1 heterocycles. The summed E-state index contributed by atoms with van der Waals surface area (Å²) in [7, 11) is 1.90. The maximum absolute atomic E-state index is 14.5. The summed E-state index contributed by atoms with van der Waals surface area (Å²) in [6.45, 7) is 6.46. The first-order chi connectivity index (χ1) is 16.5. The fourth-order valence-electron chi connectivity index (χ4n) is 4.44. The molecule has 0 radical (unpaired) electrons. The molecule has 0 spiro atoms. The van der Waals surface area contributed by atoms with Crippen molar-refractivity contribution in [3.63, 3.8) is 0 Å². The Kier molecular flexibility index (Phi) is 7.66. The average Bonchev–Trinajstić information content (AvgIpc) is 2.87. The standard InChI is InChI=1S/C29H31F2N3/c1-20(18-34(17-16-32-3)19-26-21(2)27(30)13-14-28(26)31)22-9-11-23(12-10-22)25-8-4-6-24-7-5-15-33-29(24)25/h4-15,20,32H,16-19H2,1-3H3. The van der Waals surface area contributed by atoms with Gasteiger partial charge in [0.15, 0.2) is 0 Å². The Morgan fingerprint density at radius 3 is 2.44 bits per heavy atom. The Morgan fingerprint density at radius 2 is 1.68 bits per heavy atom. The van der Waals surface area contributed by atoms with E-state index in [0.717, 1.165) is 41.7 Å². The number of nitrogens with zero attached hydrogens (tertiary/aromatic N) is 2. The molecule has 3 aromatic carbocycles. The normalized spacial score (nSPS) is 12.4. The zero-order valence-corrected chi connectivity index (χ0v) is 20.0. The molecular formula is C29H31F2N3. The van der Waals surface area contributed by atoms with Gasteiger partial charge in [0, 0.05) is 48.9 Å². The molecule has 0 bridgehead atoms. The molecular weight excluding hydrogens is 428 g/mol. The van der Waals surface area contributed by atoms with Crippen LogP contribution in [0.1, 0.15) is 29.5 Å². The van der Waals surface area contributed by atoms with E-state index in [0.29, 0.717) is 17.7 Å². The SMILES string of the molecule is CNCCN(Cc1c(F)ccc(F)c1C)CC(C)c1ccc(-c2cccc3cccnc23)cc1. The van der Waals surface area contributed by atoms with E-state index in [9.17, 15) is 8.78 Å². The molecule has 0 fully saturated rings. The highest BCUT2D eigenvalue weighted by Gasteiger charge is 2.17. The molecule has 3 nitrogen and oxygen atoms in total. The number of aromatic nitrogens is 1. The van der Waals surface area contributed by atoms with Crippen molar-refractivity contribution >= 4 is 10.9 Å². The third-order valence-corrected chi connectivity index (χ3v) is 6.49. The molecule has 0 amide bonds. The van der Waals surface area contributed by atoms with Crippen molar-refractivity contribution in [1.82, 2.24) is 15.2 Å². The number of benzene rings is 3. The molecule has 176 valence electrons. The van der Waals surface area contributed by atoms with Gasteiger partial charge < -0.3 is 5.32 Å². The van der Waals surface area contributed by atoms with Crippen LogP contribution in [0.2, 0.25) is 0 Å². The zero-order chi connectivity index (χ0) is 24.1. The van der Waals surface area contributed by atoms with Gasteiger partial charge in [0.2, 0.25) is 0 Å². The number of halogens is 2. The van der Waals surface area contributed by atoms with Crippen LogP contribution in [0, 0.1) is 18.6 Å². The largest absolute Gasteiger partial charge is 0.318 e. The summed E-state index contributed by atoms with van der Waals surface area (Å²) in [6, 6.07) is 21.3. The number of nitrogens with one attached hydrogen (secondary N) is 1. The van der Waals surface area contributed by atoms with Gasteiger partial charge >= 0.3 is 0 Å². The smallest absolute Gasteiger partial charge is 0.128 e. The maximum Gasteiger partial charge on any atom is 0.128 e. The van der Waals surface area contributed by atoms with Crippen LogP contribution in [0.15, 0.2) is 72.9 Å². The molecule has 5 heteroatoms. The van der Waals surface area contributed by atoms with E-state index in [1.165, 1.54) is 17.7 Å². The van der Waals surface area contributed by atoms with Crippen molar-refractivity contribution in [2.45, 2.75) is 26.3 Å². The average molecular weight is 460 g/mol. The summed E-state index contributed by atoms with van der Waals surface area (Å²) in [5.41, 5.74) is 5.27. The first-order valence-electron chi connectivity index (χ1n) is 11.7. The quantitative estimate of drug-likeness (QED) is 0.318. The second-order valence-corrected chi connectivity index (χ2v) is 8.88. The van der Waals surface area contributed by atoms with Crippen LogP contribution in [0.5, 0.6) is 0 Å². The number of rotatable bonds is 9. The van der Waals surface area contributed by atoms with Crippen molar-refractivity contribution in [2.75, 3.05) is 26.7 Å². The van der Waals surface area contributed by atoms with Crippen molar-refractivity contribution in [3.8, 4) is 11.1 Å². The molecule has 1 atom stereocenters. The molecule has 34 heavy (non-hydrogen) atoms. The van der Waals surface area contributed by atoms with Crippen molar-refractivity contribution < 1.29 is 8.78 Å². The van der Waals surface area contributed by atoms with E-state index in [-0.39, 0.29) is 17.6 Å². The van der Waals surface area contributed by atoms with E-state index in [4.69, 9.17) is 0 Å². The molecule has 0 saturated carbocycles. The highest BCUT2D eigenvalue weighted by atomic mass is 19.1. The molecule has 1 aromatic heterocycles. The second-order valence-electron chi connectivity index (χ2n) is 8.88. The predicted molar refractivity (Wildman–Crippen MR) is 136 cm³/mol. The Hall–Kier alpha value is -3.15. The number of fused-ring (bicyclic) bond motifs is 1. The van der Waals surface area contributed by atoms with E-state index in [2.05, 4.69) is 70.7 Å². The Bertz CT molecular complexity index is 1250. The number of hydrogen-bond donors (Lipinski definition) is 1. The van der Waals surface area contributed by atoms with Crippen LogP contribution < -0.4 is 5.32 Å². The fraction of sp³-hybridized carbons (Fsp3) is 0.276. The zero-order valence-electron chi connectivity index (χ0n) is 20.0. The second kappa shape index (κ2) is 10.9. The third-order valence-electron chi connectivity index (χ3n) is 6.49. The first-order valence-corrected chi connectivity index (χ1v) is 11.7. The van der Waals surface area contributed by atoms with Gasteiger partial charge in [-0.15, -0.1) is 0 Å². The summed E-state index contributed by atoms with van der Waals surface area (Å²) in [5.74, 6) is -0.487. The Balaban J connectivity index is 1.53. The summed E-state index contributed by atoms with van der Waals surface area (Å²) in [5, 5.41) is 4.29. The van der Waals surface area contributed by atoms with Crippen LogP contribution in [0.25, 0.3) is 22.0 Å². The van der Waals surface area contributed by atoms with Crippen LogP contribution >= 0.6 is 0 Å². The van der Waals surface area contributed by atoms with Gasteiger partial charge in [-0.05, 0) is 54.8 Å². The topological polar surface area (TPSA) is 28.2 Å². The highest BCUT2D eigenvalue weighted by Crippen LogP contribution is 2.29. The van der Waals surface area contributed by atoms with Crippen molar-refractivity contribution in [2.24, 2.45) is 0 Å². The summed E-state index contributed by atoms with van der Waals surface area (Å²) < 4.78 is 28.5. The van der Waals surface area contributed by atoms with E-state index in [1.54, 1.807) is 6.92 Å². The summed E-state index contributed by atoms with van der Waals surface area (Å²) in [4.78, 5) is 6.76. The minimum absolute atomic E-state index is 0.230. The van der Waals surface area contributed by atoms with Gasteiger partial charge in [-0.3, -0.25) is 9.88 Å². The van der Waals surface area contributed by atoms with Crippen LogP contribution in [0.3, 0.4) is 0 Å². The number of likely N-dealkylation sites (N-methyl/N-ethyl adjacent to an activating group) is 1. The van der Waals surface area contributed by atoms with Crippen molar-refractivity contribution in [3.05, 3.63) is 101 Å². The molecule has 1 N–H and O–H groups in total. The summed E-state index contributed by atoms with van der Waals surface area (Å²) in [6.07, 6.45) is 1.82. The molecule has 1 unspecified atom stereocenters. The molecule has 4 aromatic rings. The van der Waals surface area contributed by atoms with Crippen LogP contribution in [-0.4, -0.2) is 36.6 Å². The molecule has 4 rings (SSSR count). The maximum atomic E-state index is 14.5. The van der Waals surface area contributed by atoms with Gasteiger partial charge in [-0.2, -0.15) is 0 Å². The highest BCUT2D eigenvalue weighted by molar-refractivity contribution is 5.93. The fourth-order valence-corrected chi connectivity index (χ4v) is 4.44. The lowest BCUT2D eigenvalue weighted by Crippen LogP contribution is -2.34. The van der Waals surface area contributed by atoms with Crippen molar-refractivity contribution in [1.29, 1.82) is 0 Å². The Morgan fingerprint density at radius 1 is 0.941 bits per heavy atom. The van der Waals surface area contributed by atoms with Gasteiger partial charge in [0.05, 0.1) is 5.52 Å². The lowest BCUT2D eigenvalue weighted by molar-refractivity contribution is 0.250. The number of hydrogen-bond acceptors (Lipinski definition) is 3. The van der Waals surface area contributed by atoms with Gasteiger partial charge in [0.25, 0.3) is 0 Å². The van der Waals surface area contributed by atoms with Crippen LogP contribution in [0.4, 0.5) is 8.78 Å². The molecule has 0 aliphatic carbocycles. The minimum atomic E-state index is -0.364. The van der Waals surface area contributed by atoms with E-state index in [1.807, 2.05) is 19.3 Å². The number of pyridine rings is 1. The first kappa shape index (κ1) is 24.0. The molecule has 0 saturated heterocycles. The third kappa shape index (κ3) is 5.32. The van der Waals surface area contributed by atoms with E-state index >= 15 is 0 Å². The molecule has 0 aliphatic rings. The Labute approximate surface area is 200 Å². The summed E-state index contributed by atoms with van der Waals surface area (Å²) >= 11 is 0. The lowest BCUT2D eigenvalue weighted by Gasteiger charge is -2.27. The van der Waals surface area contributed by atoms with Gasteiger partial charge in [-0.25, -0.2) is 8.78 Å². The van der Waals surface area contributed by atoms with Gasteiger partial charge in [0.1, 0.15) is 11.6 Å². The van der Waals surface area contributed by atoms with Gasteiger partial charge in [-0.1, -0.05) is 55.5 Å². The monoisotopic (exact) mass is 459 g/mol. The lowest BCUT2D eigenvalue weighted by atomic mass is 9.95.